The van der Waals surface area contributed by atoms with Gasteiger partial charge in [0.05, 0.1) is 0 Å². The SMILES string of the molecule is CC.Cc1cnc2ncnn2c1. The minimum atomic E-state index is 0.644. The third-order valence-corrected chi connectivity index (χ3v) is 1.26. The monoisotopic (exact) mass is 164 g/mol. The summed E-state index contributed by atoms with van der Waals surface area (Å²) in [5.41, 5.74) is 1.08. The molecule has 0 unspecified atom stereocenters. The summed E-state index contributed by atoms with van der Waals surface area (Å²) >= 11 is 0. The van der Waals surface area contributed by atoms with E-state index in [0.29, 0.717) is 5.78 Å². The van der Waals surface area contributed by atoms with Gasteiger partial charge in [-0.3, -0.25) is 0 Å². The van der Waals surface area contributed by atoms with Gasteiger partial charge in [0.15, 0.2) is 0 Å². The second-order valence-corrected chi connectivity index (χ2v) is 2.14. The van der Waals surface area contributed by atoms with Crippen molar-refractivity contribution >= 4 is 5.78 Å². The fourth-order valence-electron chi connectivity index (χ4n) is 0.813. The molecule has 0 N–H and O–H groups in total. The van der Waals surface area contributed by atoms with Crippen LogP contribution in [0.4, 0.5) is 0 Å². The Balaban J connectivity index is 0.000000336. The number of fused-ring (bicyclic) bond motifs is 1. The van der Waals surface area contributed by atoms with Gasteiger partial charge in [-0.05, 0) is 12.5 Å². The number of nitrogens with zero attached hydrogens (tertiary/aromatic N) is 4. The Labute approximate surface area is 71.3 Å². The quantitative estimate of drug-likeness (QED) is 0.592. The first kappa shape index (κ1) is 8.64. The Kier molecular flexibility index (Phi) is 2.74. The first-order chi connectivity index (χ1) is 5.86. The summed E-state index contributed by atoms with van der Waals surface area (Å²) in [5.74, 6) is 0.644. The fraction of sp³-hybridized carbons (Fsp3) is 0.375. The molecule has 0 aromatic carbocycles. The topological polar surface area (TPSA) is 43.1 Å². The molecule has 2 heterocycles. The zero-order valence-corrected chi connectivity index (χ0v) is 7.52. The highest BCUT2D eigenvalue weighted by molar-refractivity contribution is 5.24. The maximum absolute atomic E-state index is 4.03. The lowest BCUT2D eigenvalue weighted by Gasteiger charge is -1.90. The van der Waals surface area contributed by atoms with Crippen LogP contribution in [0.2, 0.25) is 0 Å². The lowest BCUT2D eigenvalue weighted by molar-refractivity contribution is 0.927. The fourth-order valence-corrected chi connectivity index (χ4v) is 0.813. The molecule has 0 radical (unpaired) electrons. The first-order valence-corrected chi connectivity index (χ1v) is 3.98. The molecule has 0 atom stereocenters. The molecule has 0 fully saturated rings. The minimum Gasteiger partial charge on any atom is -0.219 e. The van der Waals surface area contributed by atoms with Gasteiger partial charge in [-0.2, -0.15) is 10.1 Å². The van der Waals surface area contributed by atoms with Crippen LogP contribution >= 0.6 is 0 Å². The van der Waals surface area contributed by atoms with Crippen molar-refractivity contribution in [3.05, 3.63) is 24.3 Å². The van der Waals surface area contributed by atoms with Crippen LogP contribution in [0.15, 0.2) is 18.7 Å². The highest BCUT2D eigenvalue weighted by Crippen LogP contribution is 1.95. The van der Waals surface area contributed by atoms with Crippen LogP contribution in [0.1, 0.15) is 19.4 Å². The Morgan fingerprint density at radius 2 is 2.00 bits per heavy atom. The third-order valence-electron chi connectivity index (χ3n) is 1.26. The Bertz CT molecular complexity index is 353. The normalized spacial score (nSPS) is 9.25. The van der Waals surface area contributed by atoms with Crippen molar-refractivity contribution in [2.75, 3.05) is 0 Å². The van der Waals surface area contributed by atoms with Gasteiger partial charge in [-0.25, -0.2) is 9.50 Å². The summed E-state index contributed by atoms with van der Waals surface area (Å²) in [6.45, 7) is 5.97. The highest BCUT2D eigenvalue weighted by Gasteiger charge is 1.92. The largest absolute Gasteiger partial charge is 0.252 e. The first-order valence-electron chi connectivity index (χ1n) is 3.98. The van der Waals surface area contributed by atoms with E-state index < -0.39 is 0 Å². The summed E-state index contributed by atoms with van der Waals surface area (Å²) < 4.78 is 1.65. The summed E-state index contributed by atoms with van der Waals surface area (Å²) in [7, 11) is 0. The summed E-state index contributed by atoms with van der Waals surface area (Å²) in [4.78, 5) is 7.93. The molecule has 4 nitrogen and oxygen atoms in total. The lowest BCUT2D eigenvalue weighted by Crippen LogP contribution is -1.90. The molecule has 64 valence electrons. The maximum atomic E-state index is 4.03. The van der Waals surface area contributed by atoms with E-state index in [0.717, 1.165) is 5.56 Å². The van der Waals surface area contributed by atoms with E-state index in [-0.39, 0.29) is 0 Å². The van der Waals surface area contributed by atoms with Crippen molar-refractivity contribution in [3.8, 4) is 0 Å². The van der Waals surface area contributed by atoms with Gasteiger partial charge < -0.3 is 0 Å². The maximum Gasteiger partial charge on any atom is 0.252 e. The summed E-state index contributed by atoms with van der Waals surface area (Å²) in [5, 5.41) is 3.92. The number of hydrogen-bond acceptors (Lipinski definition) is 3. The van der Waals surface area contributed by atoms with Gasteiger partial charge in [-0.1, -0.05) is 13.8 Å². The molecule has 0 bridgehead atoms. The van der Waals surface area contributed by atoms with E-state index in [1.165, 1.54) is 6.33 Å². The van der Waals surface area contributed by atoms with Gasteiger partial charge >= 0.3 is 0 Å². The predicted octanol–water partition coefficient (Wildman–Crippen LogP) is 1.46. The molecule has 0 saturated carbocycles. The average Bonchev–Trinajstić information content (AvgIpc) is 2.54. The number of aryl methyl sites for hydroxylation is 1. The van der Waals surface area contributed by atoms with Crippen LogP contribution < -0.4 is 0 Å². The molecule has 12 heavy (non-hydrogen) atoms. The highest BCUT2D eigenvalue weighted by atomic mass is 15.3. The van der Waals surface area contributed by atoms with Crippen LogP contribution in [0.3, 0.4) is 0 Å². The second-order valence-electron chi connectivity index (χ2n) is 2.14. The number of hydrogen-bond donors (Lipinski definition) is 0. The molecular weight excluding hydrogens is 152 g/mol. The van der Waals surface area contributed by atoms with Crippen LogP contribution in [0, 0.1) is 6.92 Å². The van der Waals surface area contributed by atoms with E-state index in [1.807, 2.05) is 27.0 Å². The predicted molar refractivity (Wildman–Crippen MR) is 46.9 cm³/mol. The molecule has 2 aromatic heterocycles. The van der Waals surface area contributed by atoms with E-state index in [9.17, 15) is 0 Å². The molecule has 0 spiro atoms. The Morgan fingerprint density at radius 1 is 1.25 bits per heavy atom. The molecule has 0 amide bonds. The minimum absolute atomic E-state index is 0.644. The summed E-state index contributed by atoms with van der Waals surface area (Å²) in [6.07, 6.45) is 5.14. The smallest absolute Gasteiger partial charge is 0.219 e. The number of aromatic nitrogens is 4. The lowest BCUT2D eigenvalue weighted by atomic mass is 10.4. The van der Waals surface area contributed by atoms with Crippen molar-refractivity contribution in [2.24, 2.45) is 0 Å². The van der Waals surface area contributed by atoms with E-state index in [4.69, 9.17) is 0 Å². The molecule has 0 aliphatic rings. The van der Waals surface area contributed by atoms with Crippen molar-refractivity contribution in [1.82, 2.24) is 19.6 Å². The van der Waals surface area contributed by atoms with Gasteiger partial charge in [0.2, 0.25) is 0 Å². The van der Waals surface area contributed by atoms with Gasteiger partial charge in [-0.15, -0.1) is 0 Å². The Hall–Kier alpha value is -1.45. The van der Waals surface area contributed by atoms with Gasteiger partial charge in [0.1, 0.15) is 6.33 Å². The van der Waals surface area contributed by atoms with Crippen LogP contribution in [0.5, 0.6) is 0 Å². The third kappa shape index (κ3) is 1.58. The van der Waals surface area contributed by atoms with E-state index in [1.54, 1.807) is 10.7 Å². The van der Waals surface area contributed by atoms with Crippen LogP contribution in [-0.2, 0) is 0 Å². The molecule has 0 aliphatic carbocycles. The molecule has 0 aliphatic heterocycles. The van der Waals surface area contributed by atoms with Crippen molar-refractivity contribution in [2.45, 2.75) is 20.8 Å². The molecular formula is C8H12N4. The second kappa shape index (κ2) is 3.80. The molecule has 4 heteroatoms. The molecule has 2 aromatic rings. The van der Waals surface area contributed by atoms with E-state index in [2.05, 4.69) is 15.1 Å². The van der Waals surface area contributed by atoms with Crippen molar-refractivity contribution in [1.29, 1.82) is 0 Å². The van der Waals surface area contributed by atoms with Crippen molar-refractivity contribution in [3.63, 3.8) is 0 Å². The summed E-state index contributed by atoms with van der Waals surface area (Å²) in [6, 6.07) is 0. The van der Waals surface area contributed by atoms with Crippen LogP contribution in [-0.4, -0.2) is 19.6 Å². The van der Waals surface area contributed by atoms with Crippen LogP contribution in [0.25, 0.3) is 5.78 Å². The van der Waals surface area contributed by atoms with Gasteiger partial charge in [0.25, 0.3) is 5.78 Å². The zero-order chi connectivity index (χ0) is 8.97. The molecule has 0 saturated heterocycles. The average molecular weight is 164 g/mol. The number of rotatable bonds is 0. The zero-order valence-electron chi connectivity index (χ0n) is 7.52. The van der Waals surface area contributed by atoms with Gasteiger partial charge in [0, 0.05) is 12.4 Å². The van der Waals surface area contributed by atoms with E-state index >= 15 is 0 Å². The molecule has 2 rings (SSSR count). The standard InChI is InChI=1S/C6H6N4.C2H6/c1-5-2-7-6-8-4-9-10(6)3-5;1-2/h2-4H,1H3;1-2H3. The van der Waals surface area contributed by atoms with Crippen molar-refractivity contribution < 1.29 is 0 Å². The Morgan fingerprint density at radius 3 is 2.75 bits per heavy atom.